The molecule has 0 amide bonds. The summed E-state index contributed by atoms with van der Waals surface area (Å²) in [7, 11) is 0. The molecule has 1 aliphatic rings. The van der Waals surface area contributed by atoms with Gasteiger partial charge in [0.25, 0.3) is 0 Å². The van der Waals surface area contributed by atoms with Gasteiger partial charge in [0.15, 0.2) is 0 Å². The third-order valence-corrected chi connectivity index (χ3v) is 2.25. The highest BCUT2D eigenvalue weighted by Crippen LogP contribution is 2.21. The Morgan fingerprint density at radius 2 is 2.08 bits per heavy atom. The maximum Gasteiger partial charge on any atom is 0.106 e. The maximum atomic E-state index is 9.39. The lowest BCUT2D eigenvalue weighted by Gasteiger charge is -2.36. The van der Waals surface area contributed by atoms with E-state index in [-0.39, 0.29) is 18.8 Å². The first kappa shape index (κ1) is 9.92. The lowest BCUT2D eigenvalue weighted by atomic mass is 9.97. The normalized spacial score (nSPS) is 43.0. The molecule has 0 bridgehead atoms. The molecule has 3 N–H and O–H groups in total. The van der Waals surface area contributed by atoms with Crippen LogP contribution >= 0.6 is 0 Å². The molecule has 1 aliphatic heterocycles. The van der Waals surface area contributed by atoms with Crippen molar-refractivity contribution < 1.29 is 20.1 Å². The van der Waals surface area contributed by atoms with E-state index in [4.69, 9.17) is 9.84 Å². The van der Waals surface area contributed by atoms with Crippen LogP contribution in [-0.2, 0) is 4.74 Å². The minimum atomic E-state index is -0.808. The highest BCUT2D eigenvalue weighted by Gasteiger charge is 2.34. The molecule has 0 aromatic heterocycles. The topological polar surface area (TPSA) is 69.9 Å². The molecular formula is C8H16O4. The Balaban J connectivity index is 2.52. The zero-order valence-electron chi connectivity index (χ0n) is 7.18. The molecule has 0 aliphatic carbocycles. The summed E-state index contributed by atoms with van der Waals surface area (Å²) in [5.41, 5.74) is 0. The third kappa shape index (κ3) is 1.95. The Kier molecular flexibility index (Phi) is 3.46. The Labute approximate surface area is 71.8 Å². The monoisotopic (exact) mass is 176 g/mol. The lowest BCUT2D eigenvalue weighted by Crippen LogP contribution is -2.48. The highest BCUT2D eigenvalue weighted by atomic mass is 16.5. The van der Waals surface area contributed by atoms with Crippen molar-refractivity contribution in [3.63, 3.8) is 0 Å². The van der Waals surface area contributed by atoms with Gasteiger partial charge in [-0.2, -0.15) is 0 Å². The molecule has 1 heterocycles. The van der Waals surface area contributed by atoms with E-state index in [1.807, 2.05) is 6.92 Å². The lowest BCUT2D eigenvalue weighted by molar-refractivity contribution is -0.177. The number of aliphatic hydroxyl groups is 3. The smallest absolute Gasteiger partial charge is 0.106 e. The molecule has 0 aromatic carbocycles. The van der Waals surface area contributed by atoms with E-state index in [1.165, 1.54) is 0 Å². The van der Waals surface area contributed by atoms with Crippen LogP contribution in [-0.4, -0.2) is 46.3 Å². The largest absolute Gasteiger partial charge is 0.394 e. The summed E-state index contributed by atoms with van der Waals surface area (Å²) in [6.07, 6.45) is -1.28. The van der Waals surface area contributed by atoms with Crippen molar-refractivity contribution in [3.05, 3.63) is 0 Å². The number of hydrogen-bond donors (Lipinski definition) is 3. The van der Waals surface area contributed by atoms with E-state index in [0.29, 0.717) is 12.8 Å². The summed E-state index contributed by atoms with van der Waals surface area (Å²) in [6, 6.07) is 0. The van der Waals surface area contributed by atoms with Crippen LogP contribution in [0.5, 0.6) is 0 Å². The Morgan fingerprint density at radius 3 is 2.58 bits per heavy atom. The van der Waals surface area contributed by atoms with E-state index in [2.05, 4.69) is 0 Å². The van der Waals surface area contributed by atoms with Gasteiger partial charge in [0.1, 0.15) is 6.10 Å². The van der Waals surface area contributed by atoms with E-state index >= 15 is 0 Å². The first-order chi connectivity index (χ1) is 5.69. The zero-order chi connectivity index (χ0) is 9.14. The van der Waals surface area contributed by atoms with Crippen molar-refractivity contribution in [2.45, 2.75) is 44.2 Å². The second-order valence-corrected chi connectivity index (χ2v) is 3.18. The van der Waals surface area contributed by atoms with Gasteiger partial charge in [0.05, 0.1) is 24.9 Å². The van der Waals surface area contributed by atoms with Crippen LogP contribution in [0.15, 0.2) is 0 Å². The van der Waals surface area contributed by atoms with Gasteiger partial charge in [0.2, 0.25) is 0 Å². The van der Waals surface area contributed by atoms with Gasteiger partial charge in [-0.05, 0) is 6.42 Å². The molecule has 72 valence electrons. The molecule has 1 fully saturated rings. The maximum absolute atomic E-state index is 9.39. The molecule has 0 saturated carbocycles. The Morgan fingerprint density at radius 1 is 1.42 bits per heavy atom. The van der Waals surface area contributed by atoms with Crippen LogP contribution < -0.4 is 0 Å². The second-order valence-electron chi connectivity index (χ2n) is 3.18. The quantitative estimate of drug-likeness (QED) is 0.518. The number of hydrogen-bond acceptors (Lipinski definition) is 4. The Bertz CT molecular complexity index is 139. The highest BCUT2D eigenvalue weighted by molar-refractivity contribution is 4.84. The van der Waals surface area contributed by atoms with E-state index < -0.39 is 12.2 Å². The molecule has 0 spiro atoms. The minimum absolute atomic E-state index is 0.0969. The van der Waals surface area contributed by atoms with Crippen molar-refractivity contribution in [1.82, 2.24) is 0 Å². The number of aliphatic hydroxyl groups excluding tert-OH is 3. The fourth-order valence-electron chi connectivity index (χ4n) is 1.50. The summed E-state index contributed by atoms with van der Waals surface area (Å²) in [5.74, 6) is 0. The van der Waals surface area contributed by atoms with Crippen molar-refractivity contribution in [2.75, 3.05) is 6.61 Å². The molecule has 4 nitrogen and oxygen atoms in total. The van der Waals surface area contributed by atoms with Crippen molar-refractivity contribution in [2.24, 2.45) is 0 Å². The molecular weight excluding hydrogens is 160 g/mol. The van der Waals surface area contributed by atoms with Crippen molar-refractivity contribution in [1.29, 1.82) is 0 Å². The van der Waals surface area contributed by atoms with Crippen LogP contribution in [0, 0.1) is 0 Å². The number of rotatable bonds is 2. The fraction of sp³-hybridized carbons (Fsp3) is 1.00. The zero-order valence-corrected chi connectivity index (χ0v) is 7.18. The van der Waals surface area contributed by atoms with Crippen LogP contribution in [0.1, 0.15) is 19.8 Å². The van der Waals surface area contributed by atoms with Gasteiger partial charge in [0, 0.05) is 6.42 Å². The van der Waals surface area contributed by atoms with Crippen molar-refractivity contribution >= 4 is 0 Å². The molecule has 0 radical (unpaired) electrons. The van der Waals surface area contributed by atoms with Gasteiger partial charge >= 0.3 is 0 Å². The molecule has 12 heavy (non-hydrogen) atoms. The number of ether oxygens (including phenoxy) is 1. The molecule has 0 aromatic rings. The van der Waals surface area contributed by atoms with Crippen molar-refractivity contribution in [3.8, 4) is 0 Å². The summed E-state index contributed by atoms with van der Waals surface area (Å²) < 4.78 is 5.31. The first-order valence-electron chi connectivity index (χ1n) is 4.31. The summed E-state index contributed by atoms with van der Waals surface area (Å²) in [6.45, 7) is 1.78. The van der Waals surface area contributed by atoms with Gasteiger partial charge in [-0.3, -0.25) is 0 Å². The average molecular weight is 176 g/mol. The van der Waals surface area contributed by atoms with Gasteiger partial charge < -0.3 is 20.1 Å². The third-order valence-electron chi connectivity index (χ3n) is 2.25. The van der Waals surface area contributed by atoms with Gasteiger partial charge in [-0.25, -0.2) is 0 Å². The molecule has 4 atom stereocenters. The average Bonchev–Trinajstić information content (AvgIpc) is 2.09. The van der Waals surface area contributed by atoms with E-state index in [1.54, 1.807) is 0 Å². The minimum Gasteiger partial charge on any atom is -0.394 e. The molecule has 4 unspecified atom stereocenters. The fourth-order valence-corrected chi connectivity index (χ4v) is 1.50. The molecule has 1 saturated heterocycles. The van der Waals surface area contributed by atoms with E-state index in [0.717, 1.165) is 0 Å². The van der Waals surface area contributed by atoms with Gasteiger partial charge in [-0.1, -0.05) is 6.92 Å². The van der Waals surface area contributed by atoms with Crippen LogP contribution in [0.4, 0.5) is 0 Å². The first-order valence-corrected chi connectivity index (χ1v) is 4.31. The SMILES string of the molecule is CCC1OC(CO)CC(O)C1O. The van der Waals surface area contributed by atoms with Crippen LogP contribution in [0.25, 0.3) is 0 Å². The van der Waals surface area contributed by atoms with Crippen LogP contribution in [0.3, 0.4) is 0 Å². The van der Waals surface area contributed by atoms with Crippen LogP contribution in [0.2, 0.25) is 0 Å². The second kappa shape index (κ2) is 4.18. The summed E-state index contributed by atoms with van der Waals surface area (Å²) >= 11 is 0. The summed E-state index contributed by atoms with van der Waals surface area (Å²) in [4.78, 5) is 0. The summed E-state index contributed by atoms with van der Waals surface area (Å²) in [5, 5.41) is 27.5. The Hall–Kier alpha value is -0.160. The van der Waals surface area contributed by atoms with Gasteiger partial charge in [-0.15, -0.1) is 0 Å². The predicted octanol–water partition coefficient (Wildman–Crippen LogP) is -0.732. The predicted molar refractivity (Wildman–Crippen MR) is 42.7 cm³/mol. The molecule has 1 rings (SSSR count). The standard InChI is InChI=1S/C8H16O4/c1-2-7-8(11)6(10)3-5(4-9)12-7/h5-11H,2-4H2,1H3. The van der Waals surface area contributed by atoms with E-state index in [9.17, 15) is 10.2 Å². The molecule has 4 heteroatoms.